The van der Waals surface area contributed by atoms with Gasteiger partial charge in [-0.15, -0.1) is 0 Å². The second-order valence-electron chi connectivity index (χ2n) is 6.79. The molecule has 1 aromatic carbocycles. The van der Waals surface area contributed by atoms with E-state index in [1.165, 1.54) is 0 Å². The lowest BCUT2D eigenvalue weighted by Crippen LogP contribution is -2.35. The van der Waals surface area contributed by atoms with E-state index in [0.717, 1.165) is 5.56 Å². The van der Waals surface area contributed by atoms with Crippen LogP contribution in [-0.2, 0) is 6.54 Å². The van der Waals surface area contributed by atoms with Crippen molar-refractivity contribution in [3.05, 3.63) is 35.4 Å². The molecule has 0 heterocycles. The number of rotatable bonds is 7. The Morgan fingerprint density at radius 3 is 2.62 bits per heavy atom. The van der Waals surface area contributed by atoms with Gasteiger partial charge in [0.25, 0.3) is 5.91 Å². The Hall–Kier alpha value is -1.39. The standard InChI is InChI=1S/C17H28N2O2/c1-13(2)10-18-16(20)15-8-6-7-14(9-15)11-19(5)12-17(3,4)21/h6-9,13,21H,10-12H2,1-5H3,(H,18,20). The van der Waals surface area contributed by atoms with Crippen LogP contribution < -0.4 is 5.32 Å². The van der Waals surface area contributed by atoms with Crippen molar-refractivity contribution < 1.29 is 9.90 Å². The molecule has 0 aromatic heterocycles. The molecule has 0 aliphatic carbocycles. The van der Waals surface area contributed by atoms with Crippen LogP contribution >= 0.6 is 0 Å². The number of carbonyl (C=O) groups is 1. The summed E-state index contributed by atoms with van der Waals surface area (Å²) in [5.41, 5.74) is 1.03. The summed E-state index contributed by atoms with van der Waals surface area (Å²) in [7, 11) is 1.96. The van der Waals surface area contributed by atoms with E-state index in [2.05, 4.69) is 19.2 Å². The number of hydrogen-bond donors (Lipinski definition) is 2. The fraction of sp³-hybridized carbons (Fsp3) is 0.588. The molecule has 0 spiro atoms. The minimum Gasteiger partial charge on any atom is -0.389 e. The molecule has 1 amide bonds. The van der Waals surface area contributed by atoms with Gasteiger partial charge < -0.3 is 10.4 Å². The van der Waals surface area contributed by atoms with E-state index in [4.69, 9.17) is 0 Å². The Morgan fingerprint density at radius 1 is 1.38 bits per heavy atom. The van der Waals surface area contributed by atoms with E-state index < -0.39 is 5.60 Å². The predicted octanol–water partition coefficient (Wildman–Crippen LogP) is 2.28. The second-order valence-corrected chi connectivity index (χ2v) is 6.79. The van der Waals surface area contributed by atoms with Crippen molar-refractivity contribution >= 4 is 5.91 Å². The maximum absolute atomic E-state index is 12.1. The maximum atomic E-state index is 12.1. The largest absolute Gasteiger partial charge is 0.389 e. The molecule has 0 aliphatic heterocycles. The van der Waals surface area contributed by atoms with Crippen molar-refractivity contribution in [2.45, 2.75) is 39.8 Å². The van der Waals surface area contributed by atoms with Crippen LogP contribution in [0.3, 0.4) is 0 Å². The van der Waals surface area contributed by atoms with E-state index in [1.807, 2.05) is 36.2 Å². The molecule has 4 heteroatoms. The van der Waals surface area contributed by atoms with E-state index >= 15 is 0 Å². The zero-order valence-electron chi connectivity index (χ0n) is 13.8. The summed E-state index contributed by atoms with van der Waals surface area (Å²) in [5.74, 6) is 0.408. The number of aliphatic hydroxyl groups is 1. The Labute approximate surface area is 128 Å². The van der Waals surface area contributed by atoms with Gasteiger partial charge >= 0.3 is 0 Å². The topological polar surface area (TPSA) is 52.6 Å². The van der Waals surface area contributed by atoms with Gasteiger partial charge in [0, 0.05) is 25.2 Å². The van der Waals surface area contributed by atoms with Crippen LogP contribution in [0.5, 0.6) is 0 Å². The minimum absolute atomic E-state index is 0.0318. The minimum atomic E-state index is -0.721. The molecule has 4 nitrogen and oxygen atoms in total. The average Bonchev–Trinajstić information content (AvgIpc) is 2.33. The lowest BCUT2D eigenvalue weighted by molar-refractivity contribution is 0.0424. The van der Waals surface area contributed by atoms with Gasteiger partial charge in [-0.2, -0.15) is 0 Å². The Kier molecular flexibility index (Phi) is 6.37. The molecule has 0 saturated carbocycles. The van der Waals surface area contributed by atoms with E-state index in [1.54, 1.807) is 13.8 Å². The Bertz CT molecular complexity index is 464. The van der Waals surface area contributed by atoms with E-state index in [-0.39, 0.29) is 5.91 Å². The Morgan fingerprint density at radius 2 is 2.05 bits per heavy atom. The molecule has 0 fully saturated rings. The number of benzene rings is 1. The van der Waals surface area contributed by atoms with E-state index in [9.17, 15) is 9.90 Å². The van der Waals surface area contributed by atoms with Gasteiger partial charge in [0.05, 0.1) is 5.60 Å². The van der Waals surface area contributed by atoms with Crippen molar-refractivity contribution in [3.8, 4) is 0 Å². The molecule has 1 rings (SSSR count). The second kappa shape index (κ2) is 7.57. The molecular formula is C17H28N2O2. The highest BCUT2D eigenvalue weighted by Gasteiger charge is 2.16. The first-order valence-corrected chi connectivity index (χ1v) is 7.45. The third kappa shape index (κ3) is 7.25. The van der Waals surface area contributed by atoms with Crippen molar-refractivity contribution in [1.29, 1.82) is 0 Å². The third-order valence-electron chi connectivity index (χ3n) is 2.97. The summed E-state index contributed by atoms with van der Waals surface area (Å²) in [4.78, 5) is 14.1. The molecule has 0 aliphatic rings. The van der Waals surface area contributed by atoms with Crippen LogP contribution in [0.1, 0.15) is 43.6 Å². The van der Waals surface area contributed by atoms with Crippen LogP contribution in [0.15, 0.2) is 24.3 Å². The van der Waals surface area contributed by atoms with Gasteiger partial charge in [-0.25, -0.2) is 0 Å². The summed E-state index contributed by atoms with van der Waals surface area (Å²) >= 11 is 0. The SMILES string of the molecule is CC(C)CNC(=O)c1cccc(CN(C)CC(C)(C)O)c1. The number of amides is 1. The molecular weight excluding hydrogens is 264 g/mol. The lowest BCUT2D eigenvalue weighted by atomic mass is 10.1. The summed E-state index contributed by atoms with van der Waals surface area (Å²) in [5, 5.41) is 12.7. The first-order valence-electron chi connectivity index (χ1n) is 7.45. The number of hydrogen-bond acceptors (Lipinski definition) is 3. The van der Waals surface area contributed by atoms with Crippen molar-refractivity contribution in [2.24, 2.45) is 5.92 Å². The summed E-state index contributed by atoms with van der Waals surface area (Å²) < 4.78 is 0. The summed E-state index contributed by atoms with van der Waals surface area (Å²) in [6.45, 7) is 9.69. The molecule has 0 atom stereocenters. The van der Waals surface area contributed by atoms with E-state index in [0.29, 0.717) is 31.1 Å². The number of carbonyl (C=O) groups excluding carboxylic acids is 1. The van der Waals surface area contributed by atoms with Gasteiger partial charge in [-0.1, -0.05) is 26.0 Å². The van der Waals surface area contributed by atoms with Crippen molar-refractivity contribution in [3.63, 3.8) is 0 Å². The van der Waals surface area contributed by atoms with Crippen LogP contribution in [0, 0.1) is 5.92 Å². The Balaban J connectivity index is 2.65. The van der Waals surface area contributed by atoms with Gasteiger partial charge in [-0.05, 0) is 44.5 Å². The van der Waals surface area contributed by atoms with Crippen LogP contribution in [0.4, 0.5) is 0 Å². The smallest absolute Gasteiger partial charge is 0.251 e. The monoisotopic (exact) mass is 292 g/mol. The first-order chi connectivity index (χ1) is 9.67. The van der Waals surface area contributed by atoms with Crippen molar-refractivity contribution in [1.82, 2.24) is 10.2 Å². The van der Waals surface area contributed by atoms with Gasteiger partial charge in [0.15, 0.2) is 0 Å². The summed E-state index contributed by atoms with van der Waals surface area (Å²) in [6.07, 6.45) is 0. The molecule has 21 heavy (non-hydrogen) atoms. The molecule has 2 N–H and O–H groups in total. The summed E-state index contributed by atoms with van der Waals surface area (Å²) in [6, 6.07) is 7.64. The van der Waals surface area contributed by atoms with Crippen LogP contribution in [0.2, 0.25) is 0 Å². The maximum Gasteiger partial charge on any atom is 0.251 e. The van der Waals surface area contributed by atoms with Crippen molar-refractivity contribution in [2.75, 3.05) is 20.1 Å². The highest BCUT2D eigenvalue weighted by Crippen LogP contribution is 2.10. The predicted molar refractivity (Wildman–Crippen MR) is 86.2 cm³/mol. The average molecular weight is 292 g/mol. The molecule has 118 valence electrons. The third-order valence-corrected chi connectivity index (χ3v) is 2.97. The lowest BCUT2D eigenvalue weighted by Gasteiger charge is -2.25. The van der Waals surface area contributed by atoms with Gasteiger partial charge in [0.2, 0.25) is 0 Å². The number of likely N-dealkylation sites (N-methyl/N-ethyl adjacent to an activating group) is 1. The van der Waals surface area contributed by atoms with Gasteiger partial charge in [-0.3, -0.25) is 9.69 Å². The zero-order valence-corrected chi connectivity index (χ0v) is 13.8. The molecule has 0 bridgehead atoms. The first kappa shape index (κ1) is 17.7. The van der Waals surface area contributed by atoms with Crippen LogP contribution in [0.25, 0.3) is 0 Å². The van der Waals surface area contributed by atoms with Crippen LogP contribution in [-0.4, -0.2) is 41.7 Å². The zero-order chi connectivity index (χ0) is 16.0. The molecule has 0 radical (unpaired) electrons. The molecule has 0 saturated heterocycles. The number of nitrogens with one attached hydrogen (secondary N) is 1. The number of nitrogens with zero attached hydrogens (tertiary/aromatic N) is 1. The fourth-order valence-electron chi connectivity index (χ4n) is 2.24. The fourth-order valence-corrected chi connectivity index (χ4v) is 2.24. The highest BCUT2D eigenvalue weighted by molar-refractivity contribution is 5.94. The molecule has 1 aromatic rings. The quantitative estimate of drug-likeness (QED) is 0.810. The van der Waals surface area contributed by atoms with Gasteiger partial charge in [0.1, 0.15) is 0 Å². The molecule has 0 unspecified atom stereocenters. The normalized spacial score (nSPS) is 12.0. The highest BCUT2D eigenvalue weighted by atomic mass is 16.3.